The van der Waals surface area contributed by atoms with Gasteiger partial charge < -0.3 is 64.5 Å². The van der Waals surface area contributed by atoms with E-state index in [4.69, 9.17) is 10.5 Å². The first-order chi connectivity index (χ1) is 22.2. The Kier molecular flexibility index (Phi) is 21.0. The van der Waals surface area contributed by atoms with Gasteiger partial charge in [0.05, 0.1) is 19.5 Å². The predicted octanol–water partition coefficient (Wildman–Crippen LogP) is -12.5. The van der Waals surface area contributed by atoms with Crippen molar-refractivity contribution in [2.75, 3.05) is 37.8 Å². The Bertz CT molecular complexity index is 1610. The van der Waals surface area contributed by atoms with E-state index in [1.54, 1.807) is 0 Å². The average molecular weight is 785 g/mol. The zero-order chi connectivity index (χ0) is 36.1. The monoisotopic (exact) mass is 785 g/mol. The van der Waals surface area contributed by atoms with Gasteiger partial charge in [-0.1, -0.05) is 13.8 Å². The molecule has 2 amide bonds. The molecule has 1 aliphatic rings. The number of ether oxygens (including phenoxy) is 1. The second kappa shape index (κ2) is 21.1. The molecule has 51 heavy (non-hydrogen) atoms. The van der Waals surface area contributed by atoms with Crippen LogP contribution in [0.25, 0.3) is 11.2 Å². The number of rotatable bonds is 18. The number of nitrogens with two attached hydrogens (primary N) is 1. The van der Waals surface area contributed by atoms with Gasteiger partial charge in [-0.05, 0) is 0 Å². The molecule has 1 aliphatic heterocycles. The van der Waals surface area contributed by atoms with Gasteiger partial charge in [0.2, 0.25) is 11.8 Å². The van der Waals surface area contributed by atoms with Gasteiger partial charge in [0.1, 0.15) is 36.3 Å². The molecular formula is C21H33Li3N7O16P3S. The first-order valence-corrected chi connectivity index (χ1v) is 18.7. The number of anilines is 1. The topological polar surface area (TPSA) is 355 Å². The predicted molar refractivity (Wildman–Crippen MR) is 157 cm³/mol. The van der Waals surface area contributed by atoms with Gasteiger partial charge >= 0.3 is 56.6 Å². The molecule has 0 saturated carbocycles. The summed E-state index contributed by atoms with van der Waals surface area (Å²) in [5, 5.41) is 26.0. The number of imidazole rings is 1. The number of thiol groups is 1. The molecule has 4 unspecified atom stereocenters. The molecule has 0 aliphatic carbocycles. The van der Waals surface area contributed by atoms with Crippen molar-refractivity contribution in [1.82, 2.24) is 30.2 Å². The largest absolute Gasteiger partial charge is 1.00 e. The molecule has 2 aromatic rings. The molecule has 3 rings (SSSR count). The van der Waals surface area contributed by atoms with E-state index in [0.717, 1.165) is 17.2 Å². The van der Waals surface area contributed by atoms with Gasteiger partial charge in [-0.2, -0.15) is 12.6 Å². The fourth-order valence-electron chi connectivity index (χ4n) is 4.12. The van der Waals surface area contributed by atoms with E-state index >= 15 is 0 Å². The van der Waals surface area contributed by atoms with Crippen LogP contribution in [0.5, 0.6) is 0 Å². The third kappa shape index (κ3) is 15.0. The zero-order valence-electron chi connectivity index (χ0n) is 28.1. The van der Waals surface area contributed by atoms with Crippen LogP contribution in [-0.2, 0) is 45.9 Å². The molecule has 30 heteroatoms. The fraction of sp³-hybridized carbons (Fsp3) is 0.667. The average Bonchev–Trinajstić information content (AvgIpc) is 3.54. The molecule has 0 bridgehead atoms. The molecule has 0 spiro atoms. The number of aliphatic hydroxyl groups excluding tert-OH is 2. The fourth-order valence-corrected chi connectivity index (χ4v) is 6.97. The molecule has 0 aromatic carbocycles. The molecule has 1 saturated heterocycles. The Morgan fingerprint density at radius 1 is 1.10 bits per heavy atom. The van der Waals surface area contributed by atoms with Crippen molar-refractivity contribution in [2.24, 2.45) is 5.41 Å². The molecule has 23 nitrogen and oxygen atoms in total. The van der Waals surface area contributed by atoms with Crippen molar-refractivity contribution in [3.05, 3.63) is 12.7 Å². The van der Waals surface area contributed by atoms with Crippen LogP contribution < -0.4 is 87.6 Å². The zero-order valence-corrected chi connectivity index (χ0v) is 31.7. The first-order valence-electron chi connectivity index (χ1n) is 13.6. The van der Waals surface area contributed by atoms with Crippen molar-refractivity contribution < 1.29 is 132 Å². The molecule has 7 N–H and O–H groups in total. The van der Waals surface area contributed by atoms with E-state index in [2.05, 4.69) is 56.1 Å². The Balaban J connectivity index is 0.00000833. The van der Waals surface area contributed by atoms with Crippen LogP contribution in [0, 0.1) is 5.41 Å². The number of nitrogens with one attached hydrogen (secondary N) is 2. The van der Waals surface area contributed by atoms with Gasteiger partial charge in [0, 0.05) is 30.7 Å². The summed E-state index contributed by atoms with van der Waals surface area (Å²) in [7, 11) is -17.2. The number of carbonyl (C=O) groups excluding carboxylic acids is 2. The maximum Gasteiger partial charge on any atom is 1.00 e. The third-order valence-electron chi connectivity index (χ3n) is 6.49. The normalized spacial score (nSPS) is 22.9. The quantitative estimate of drug-likeness (QED) is 0.0419. The number of nitrogens with zero attached hydrogens (tertiary/aromatic N) is 4. The molecule has 272 valence electrons. The summed E-state index contributed by atoms with van der Waals surface area (Å²) in [6, 6.07) is 0. The maximum atomic E-state index is 12.4. The summed E-state index contributed by atoms with van der Waals surface area (Å²) in [6.45, 7) is 0.374. The second-order valence-electron chi connectivity index (χ2n) is 10.7. The minimum Gasteiger partial charge on any atom is -0.756 e. The number of amides is 2. The van der Waals surface area contributed by atoms with E-state index in [1.165, 1.54) is 13.8 Å². The number of phosphoric ester groups is 3. The van der Waals surface area contributed by atoms with Crippen LogP contribution in [-0.4, -0.2) is 103 Å². The maximum absolute atomic E-state index is 12.4. The smallest absolute Gasteiger partial charge is 0.756 e. The van der Waals surface area contributed by atoms with Crippen LogP contribution in [0.15, 0.2) is 12.7 Å². The van der Waals surface area contributed by atoms with Crippen LogP contribution in [0.3, 0.4) is 0 Å². The minimum absolute atomic E-state index is 0. The number of hydrogen-bond donors (Lipinski definition) is 7. The number of fused-ring (bicyclic) bond motifs is 1. The number of phosphoric acid groups is 3. The van der Waals surface area contributed by atoms with Gasteiger partial charge in [0.15, 0.2) is 17.7 Å². The summed E-state index contributed by atoms with van der Waals surface area (Å²) < 4.78 is 60.4. The summed E-state index contributed by atoms with van der Waals surface area (Å²) in [4.78, 5) is 81.0. The van der Waals surface area contributed by atoms with Crippen LogP contribution in [0.2, 0.25) is 0 Å². The van der Waals surface area contributed by atoms with Gasteiger partial charge in [-0.15, -0.1) is 0 Å². The molecule has 3 heterocycles. The number of aliphatic hydroxyl groups is 2. The van der Waals surface area contributed by atoms with E-state index in [-0.39, 0.29) is 92.4 Å². The Morgan fingerprint density at radius 2 is 1.73 bits per heavy atom. The van der Waals surface area contributed by atoms with Crippen molar-refractivity contribution in [3.63, 3.8) is 0 Å². The SMILES string of the molecule is CC(C)(COP(=O)([O-])OP(=O)([O-])OC[C@H]1O[C@@H](n2cnc3c(N)ncnc32)C(O)[C@H]1OP(=O)([O-])O)[C@@H](O)C(=O)NCCC(=O)NCCS.[Li+].[Li+].[Li+]. The minimum atomic E-state index is -5.87. The number of carbonyl (C=O) groups is 2. The standard InChI is InChI=1S/C21H36N7O16P3S.3Li/c1-21(2,16(31)19(32)24-4-3-12(29)23-5-6-48)8-41-47(38,39)44-46(36,37)40-7-11-15(43-45(33,34)35)14(30)20(42-11)28-10-27-13-17(22)25-9-26-18(13)28;;;/h9-11,14-16,20,30-31,48H,3-8H2,1-2H3,(H,23,29)(H,24,32)(H,36,37)(H,38,39)(H2,22,25,26)(H2,33,34,35);;;/q;3*+1/p-3/t11-,14?,15+,16+,20-;;;/m1.../s1. The van der Waals surface area contributed by atoms with Crippen molar-refractivity contribution >= 4 is 64.9 Å². The Morgan fingerprint density at radius 3 is 2.33 bits per heavy atom. The number of aromatic nitrogens is 4. The van der Waals surface area contributed by atoms with Gasteiger partial charge in [-0.25, -0.2) is 19.3 Å². The Hall–Kier alpha value is -0.318. The molecule has 8 atom stereocenters. The summed E-state index contributed by atoms with van der Waals surface area (Å²) in [5.41, 5.74) is 4.15. The first kappa shape index (κ1) is 50.7. The summed E-state index contributed by atoms with van der Waals surface area (Å²) in [5.74, 6) is -1.03. The number of hydrogen-bond acceptors (Lipinski definition) is 20. The molecular weight excluding hydrogens is 752 g/mol. The van der Waals surface area contributed by atoms with Crippen LogP contribution >= 0.6 is 36.1 Å². The number of nitrogen functional groups attached to an aromatic ring is 1. The van der Waals surface area contributed by atoms with E-state index in [9.17, 15) is 53.1 Å². The van der Waals surface area contributed by atoms with E-state index in [1.807, 2.05) is 0 Å². The van der Waals surface area contributed by atoms with Crippen LogP contribution in [0.1, 0.15) is 26.5 Å². The summed E-state index contributed by atoms with van der Waals surface area (Å²) >= 11 is 3.94. The van der Waals surface area contributed by atoms with E-state index in [0.29, 0.717) is 12.3 Å². The Labute approximate surface area is 332 Å². The summed E-state index contributed by atoms with van der Waals surface area (Å²) in [6.07, 6.45) is -7.21. The van der Waals surface area contributed by atoms with Crippen LogP contribution in [0.4, 0.5) is 5.82 Å². The molecule has 1 fully saturated rings. The van der Waals surface area contributed by atoms with Crippen molar-refractivity contribution in [2.45, 2.75) is 50.9 Å². The van der Waals surface area contributed by atoms with Gasteiger partial charge in [0.25, 0.3) is 23.5 Å². The van der Waals surface area contributed by atoms with Crippen molar-refractivity contribution in [1.29, 1.82) is 0 Å². The van der Waals surface area contributed by atoms with Crippen molar-refractivity contribution in [3.8, 4) is 0 Å². The third-order valence-corrected chi connectivity index (χ3v) is 9.74. The van der Waals surface area contributed by atoms with Gasteiger partial charge in [-0.3, -0.25) is 27.9 Å². The van der Waals surface area contributed by atoms with E-state index < -0.39 is 78.6 Å². The molecule has 0 radical (unpaired) electrons. The molecule has 2 aromatic heterocycles. The second-order valence-corrected chi connectivity index (χ2v) is 15.3.